The van der Waals surface area contributed by atoms with Gasteiger partial charge in [0, 0.05) is 12.1 Å². The maximum atomic E-state index is 11.8. The van der Waals surface area contributed by atoms with Crippen molar-refractivity contribution in [1.82, 2.24) is 4.90 Å². The van der Waals surface area contributed by atoms with Gasteiger partial charge in [-0.2, -0.15) is 5.26 Å². The number of hydrogen-bond acceptors (Lipinski definition) is 2. The Balaban J connectivity index is 2.42. The summed E-state index contributed by atoms with van der Waals surface area (Å²) in [7, 11) is 0. The minimum Gasteiger partial charge on any atom is -0.321 e. The maximum absolute atomic E-state index is 11.8. The number of carbonyl (C=O) groups is 1. The Morgan fingerprint density at radius 2 is 2.36 bits per heavy atom. The zero-order valence-corrected chi connectivity index (χ0v) is 7.95. The first-order valence-corrected chi connectivity index (χ1v) is 4.48. The van der Waals surface area contributed by atoms with E-state index in [4.69, 9.17) is 5.26 Å². The lowest BCUT2D eigenvalue weighted by atomic mass is 10.0. The molecule has 0 aromatic heterocycles. The average molecular weight is 186 g/mol. The van der Waals surface area contributed by atoms with Crippen LogP contribution in [0.4, 0.5) is 0 Å². The van der Waals surface area contributed by atoms with Gasteiger partial charge in [0.15, 0.2) is 0 Å². The van der Waals surface area contributed by atoms with Crippen molar-refractivity contribution in [3.8, 4) is 6.07 Å². The predicted octanol–water partition coefficient (Wildman–Crippen LogP) is 1.47. The van der Waals surface area contributed by atoms with Crippen molar-refractivity contribution in [2.24, 2.45) is 0 Å². The van der Waals surface area contributed by atoms with Crippen molar-refractivity contribution in [3.05, 3.63) is 34.9 Å². The monoisotopic (exact) mass is 186 g/mol. The van der Waals surface area contributed by atoms with Crippen LogP contribution in [-0.2, 0) is 6.54 Å². The molecule has 0 aliphatic carbocycles. The van der Waals surface area contributed by atoms with Gasteiger partial charge >= 0.3 is 0 Å². The van der Waals surface area contributed by atoms with Crippen LogP contribution in [0.5, 0.6) is 0 Å². The number of hydrogen-bond donors (Lipinski definition) is 0. The van der Waals surface area contributed by atoms with E-state index in [1.165, 1.54) is 0 Å². The lowest BCUT2D eigenvalue weighted by molar-refractivity contribution is 0.0798. The summed E-state index contributed by atoms with van der Waals surface area (Å²) in [6.45, 7) is 2.67. The molecule has 1 heterocycles. The third-order valence-corrected chi connectivity index (χ3v) is 2.48. The first-order valence-electron chi connectivity index (χ1n) is 4.48. The number of amides is 1. The van der Waals surface area contributed by atoms with E-state index >= 15 is 0 Å². The van der Waals surface area contributed by atoms with Gasteiger partial charge in [-0.3, -0.25) is 4.79 Å². The molecule has 0 saturated heterocycles. The maximum Gasteiger partial charge on any atom is 0.255 e. The topological polar surface area (TPSA) is 44.1 Å². The SMILES string of the molecule is Cc1cccc2c1C(=O)N(CC#N)C2. The molecule has 2 rings (SSSR count). The zero-order valence-electron chi connectivity index (χ0n) is 7.95. The summed E-state index contributed by atoms with van der Waals surface area (Å²) < 4.78 is 0. The van der Waals surface area contributed by atoms with Crippen LogP contribution in [0, 0.1) is 18.3 Å². The summed E-state index contributed by atoms with van der Waals surface area (Å²) in [6, 6.07) is 7.81. The molecule has 0 N–H and O–H groups in total. The highest BCUT2D eigenvalue weighted by molar-refractivity contribution is 5.99. The van der Waals surface area contributed by atoms with E-state index in [0.717, 1.165) is 16.7 Å². The molecule has 0 unspecified atom stereocenters. The minimum absolute atomic E-state index is 0.0142. The third kappa shape index (κ3) is 1.16. The van der Waals surface area contributed by atoms with Gasteiger partial charge in [0.25, 0.3) is 5.91 Å². The molecule has 1 aliphatic rings. The molecule has 1 aromatic rings. The summed E-state index contributed by atoms with van der Waals surface area (Å²) >= 11 is 0. The highest BCUT2D eigenvalue weighted by Crippen LogP contribution is 2.24. The molecule has 0 radical (unpaired) electrons. The van der Waals surface area contributed by atoms with Gasteiger partial charge in [0.2, 0.25) is 0 Å². The molecule has 1 aliphatic heterocycles. The Hall–Kier alpha value is -1.82. The molecule has 0 fully saturated rings. The largest absolute Gasteiger partial charge is 0.321 e. The highest BCUT2D eigenvalue weighted by atomic mass is 16.2. The Kier molecular flexibility index (Phi) is 1.97. The lowest BCUT2D eigenvalue weighted by Gasteiger charge is -2.09. The van der Waals surface area contributed by atoms with Gasteiger partial charge in [-0.25, -0.2) is 0 Å². The second-order valence-electron chi connectivity index (χ2n) is 3.43. The fourth-order valence-corrected chi connectivity index (χ4v) is 1.81. The van der Waals surface area contributed by atoms with E-state index in [9.17, 15) is 4.79 Å². The van der Waals surface area contributed by atoms with E-state index in [0.29, 0.717) is 6.54 Å². The number of nitrogens with zero attached hydrogens (tertiary/aromatic N) is 2. The Labute approximate surface area is 82.6 Å². The van der Waals surface area contributed by atoms with Crippen LogP contribution in [0.1, 0.15) is 21.5 Å². The quantitative estimate of drug-likeness (QED) is 0.623. The molecule has 0 atom stereocenters. The fourth-order valence-electron chi connectivity index (χ4n) is 1.81. The summed E-state index contributed by atoms with van der Waals surface area (Å²) in [4.78, 5) is 13.3. The smallest absolute Gasteiger partial charge is 0.255 e. The molecular formula is C11H10N2O. The first kappa shape index (κ1) is 8.76. The normalized spacial score (nSPS) is 14.0. The van der Waals surface area contributed by atoms with Crippen LogP contribution in [0.2, 0.25) is 0 Å². The van der Waals surface area contributed by atoms with Crippen molar-refractivity contribution < 1.29 is 4.79 Å². The van der Waals surface area contributed by atoms with Gasteiger partial charge in [-0.15, -0.1) is 0 Å². The molecule has 0 saturated carbocycles. The average Bonchev–Trinajstić information content (AvgIpc) is 2.46. The number of carbonyl (C=O) groups excluding carboxylic acids is 1. The van der Waals surface area contributed by atoms with E-state index in [1.807, 2.05) is 31.2 Å². The molecule has 1 amide bonds. The van der Waals surface area contributed by atoms with E-state index in [-0.39, 0.29) is 12.5 Å². The number of rotatable bonds is 1. The van der Waals surface area contributed by atoms with Crippen LogP contribution in [-0.4, -0.2) is 17.4 Å². The first-order chi connectivity index (χ1) is 6.74. The van der Waals surface area contributed by atoms with E-state index < -0.39 is 0 Å². The number of fused-ring (bicyclic) bond motifs is 1. The molecule has 70 valence electrons. The summed E-state index contributed by atoms with van der Waals surface area (Å²) in [6.07, 6.45) is 0. The van der Waals surface area contributed by atoms with Crippen LogP contribution < -0.4 is 0 Å². The molecule has 0 bridgehead atoms. The van der Waals surface area contributed by atoms with Crippen LogP contribution in [0.3, 0.4) is 0 Å². The van der Waals surface area contributed by atoms with Gasteiger partial charge in [-0.05, 0) is 18.1 Å². The van der Waals surface area contributed by atoms with E-state index in [2.05, 4.69) is 0 Å². The number of benzene rings is 1. The predicted molar refractivity (Wildman–Crippen MR) is 51.5 cm³/mol. The van der Waals surface area contributed by atoms with Crippen molar-refractivity contribution in [2.75, 3.05) is 6.54 Å². The second-order valence-corrected chi connectivity index (χ2v) is 3.43. The van der Waals surface area contributed by atoms with Gasteiger partial charge < -0.3 is 4.90 Å². The summed E-state index contributed by atoms with van der Waals surface area (Å²) in [5, 5.41) is 8.55. The molecule has 0 spiro atoms. The molecular weight excluding hydrogens is 176 g/mol. The molecule has 1 aromatic carbocycles. The minimum atomic E-state index is -0.0142. The van der Waals surface area contributed by atoms with Crippen molar-refractivity contribution in [1.29, 1.82) is 5.26 Å². The highest BCUT2D eigenvalue weighted by Gasteiger charge is 2.27. The Morgan fingerprint density at radius 3 is 3.00 bits per heavy atom. The van der Waals surface area contributed by atoms with Gasteiger partial charge in [-0.1, -0.05) is 18.2 Å². The van der Waals surface area contributed by atoms with Crippen molar-refractivity contribution >= 4 is 5.91 Å². The fraction of sp³-hybridized carbons (Fsp3) is 0.273. The van der Waals surface area contributed by atoms with Crippen molar-refractivity contribution in [3.63, 3.8) is 0 Å². The number of aryl methyl sites for hydroxylation is 1. The molecule has 14 heavy (non-hydrogen) atoms. The third-order valence-electron chi connectivity index (χ3n) is 2.48. The lowest BCUT2D eigenvalue weighted by Crippen LogP contribution is -2.24. The second kappa shape index (κ2) is 3.15. The zero-order chi connectivity index (χ0) is 10.1. The van der Waals surface area contributed by atoms with Gasteiger partial charge in [0.05, 0.1) is 6.07 Å². The Morgan fingerprint density at radius 1 is 1.57 bits per heavy atom. The van der Waals surface area contributed by atoms with Gasteiger partial charge in [0.1, 0.15) is 6.54 Å². The summed E-state index contributed by atoms with van der Waals surface area (Å²) in [5.74, 6) is -0.0142. The van der Waals surface area contributed by atoms with Crippen molar-refractivity contribution in [2.45, 2.75) is 13.5 Å². The molecule has 3 heteroatoms. The van der Waals surface area contributed by atoms with E-state index in [1.54, 1.807) is 4.90 Å². The van der Waals surface area contributed by atoms with Crippen LogP contribution >= 0.6 is 0 Å². The molecule has 3 nitrogen and oxygen atoms in total. The number of nitriles is 1. The van der Waals surface area contributed by atoms with Crippen LogP contribution in [0.15, 0.2) is 18.2 Å². The van der Waals surface area contributed by atoms with Crippen LogP contribution in [0.25, 0.3) is 0 Å². The summed E-state index contributed by atoms with van der Waals surface area (Å²) in [5.41, 5.74) is 2.81. The Bertz CT molecular complexity index is 431. The standard InChI is InChI=1S/C11H10N2O/c1-8-3-2-4-9-7-13(6-5-12)11(14)10(8)9/h2-4H,6-7H2,1H3.